The number of nitrogens with zero attached hydrogens (tertiary/aromatic N) is 1. The molecule has 3 rings (SSSR count). The van der Waals surface area contributed by atoms with Crippen molar-refractivity contribution < 1.29 is 9.53 Å². The first-order valence-electron chi connectivity index (χ1n) is 6.72. The minimum atomic E-state index is -0.0755. The van der Waals surface area contributed by atoms with Crippen LogP contribution in [-0.2, 0) is 12.8 Å². The largest absolute Gasteiger partial charge is 0.493 e. The second kappa shape index (κ2) is 6.04. The van der Waals surface area contributed by atoms with E-state index in [2.05, 4.69) is 11.1 Å². The van der Waals surface area contributed by atoms with Gasteiger partial charge in [-0.05, 0) is 29.7 Å². The number of fused-ring (bicyclic) bond motifs is 1. The lowest BCUT2D eigenvalue weighted by atomic mass is 10.0. The first-order chi connectivity index (χ1) is 10.1. The van der Waals surface area contributed by atoms with Crippen LogP contribution in [-0.4, -0.2) is 17.4 Å². The van der Waals surface area contributed by atoms with Gasteiger partial charge in [-0.2, -0.15) is 0 Å². The highest BCUT2D eigenvalue weighted by Gasteiger charge is 2.15. The van der Waals surface area contributed by atoms with E-state index in [1.165, 1.54) is 17.8 Å². The van der Waals surface area contributed by atoms with Gasteiger partial charge in [-0.3, -0.25) is 9.78 Å². The van der Waals surface area contributed by atoms with Crippen molar-refractivity contribution in [2.24, 2.45) is 0 Å². The van der Waals surface area contributed by atoms with Crippen LogP contribution in [0.2, 0.25) is 10.0 Å². The second-order valence-electron chi connectivity index (χ2n) is 4.95. The van der Waals surface area contributed by atoms with E-state index in [0.717, 1.165) is 24.3 Å². The Morgan fingerprint density at radius 3 is 2.95 bits per heavy atom. The Bertz CT molecular complexity index is 701. The van der Waals surface area contributed by atoms with E-state index in [4.69, 9.17) is 27.9 Å². The average Bonchev–Trinajstić information content (AvgIpc) is 2.92. The van der Waals surface area contributed by atoms with Gasteiger partial charge in [-0.25, -0.2) is 0 Å². The fraction of sp³-hybridized carbons (Fsp3) is 0.250. The molecule has 0 fully saturated rings. The molecule has 2 aromatic rings. The van der Waals surface area contributed by atoms with Crippen molar-refractivity contribution in [1.82, 2.24) is 4.98 Å². The summed E-state index contributed by atoms with van der Waals surface area (Å²) in [6.45, 7) is 0.738. The summed E-state index contributed by atoms with van der Waals surface area (Å²) in [4.78, 5) is 16.2. The van der Waals surface area contributed by atoms with Gasteiger partial charge in [0, 0.05) is 19.0 Å². The van der Waals surface area contributed by atoms with Gasteiger partial charge in [0.05, 0.1) is 16.7 Å². The molecule has 108 valence electrons. The molecule has 1 aliphatic heterocycles. The molecule has 0 amide bonds. The Labute approximate surface area is 132 Å². The van der Waals surface area contributed by atoms with Crippen molar-refractivity contribution in [3.05, 3.63) is 57.3 Å². The lowest BCUT2D eigenvalue weighted by Gasteiger charge is -2.05. The zero-order valence-electron chi connectivity index (χ0n) is 11.2. The molecule has 1 aromatic carbocycles. The monoisotopic (exact) mass is 321 g/mol. The third-order valence-electron chi connectivity index (χ3n) is 3.47. The Morgan fingerprint density at radius 2 is 2.14 bits per heavy atom. The Hall–Kier alpha value is -1.58. The molecule has 0 bridgehead atoms. The van der Waals surface area contributed by atoms with Crippen molar-refractivity contribution in [3.63, 3.8) is 0 Å². The van der Waals surface area contributed by atoms with Crippen molar-refractivity contribution in [3.8, 4) is 5.75 Å². The molecule has 0 atom stereocenters. The van der Waals surface area contributed by atoms with Crippen LogP contribution in [0.1, 0.15) is 28.0 Å². The van der Waals surface area contributed by atoms with E-state index in [1.807, 2.05) is 12.1 Å². The third kappa shape index (κ3) is 3.20. The molecule has 0 aliphatic carbocycles. The maximum atomic E-state index is 12.2. The summed E-state index contributed by atoms with van der Waals surface area (Å²) in [5, 5.41) is 0.727. The summed E-state index contributed by atoms with van der Waals surface area (Å²) in [5.74, 6) is 0.876. The molecular formula is C16H13Cl2NO2. The maximum absolute atomic E-state index is 12.2. The summed E-state index contributed by atoms with van der Waals surface area (Å²) in [5.41, 5.74) is 2.62. The summed E-state index contributed by atoms with van der Waals surface area (Å²) in [7, 11) is 0. The quantitative estimate of drug-likeness (QED) is 0.794. The zero-order valence-corrected chi connectivity index (χ0v) is 12.7. The van der Waals surface area contributed by atoms with Crippen molar-refractivity contribution >= 4 is 29.0 Å². The maximum Gasteiger partial charge on any atom is 0.183 e. The Morgan fingerprint density at radius 1 is 1.29 bits per heavy atom. The van der Waals surface area contributed by atoms with Gasteiger partial charge in [0.2, 0.25) is 0 Å². The molecule has 0 saturated heterocycles. The number of halogens is 2. The first-order valence-corrected chi connectivity index (χ1v) is 7.48. The number of aromatic nitrogens is 1. The summed E-state index contributed by atoms with van der Waals surface area (Å²) < 4.78 is 5.47. The lowest BCUT2D eigenvalue weighted by Crippen LogP contribution is -2.05. The van der Waals surface area contributed by atoms with Crippen LogP contribution in [0.15, 0.2) is 30.5 Å². The predicted octanol–water partition coefficient (Wildman–Crippen LogP) is 4.14. The summed E-state index contributed by atoms with van der Waals surface area (Å²) in [6, 6.07) is 7.60. The van der Waals surface area contributed by atoms with Gasteiger partial charge in [0.1, 0.15) is 11.4 Å². The van der Waals surface area contributed by atoms with Gasteiger partial charge in [-0.15, -0.1) is 0 Å². The number of Topliss-reactive ketones (excluding diaryl/α,β-unsaturated/α-hetero) is 1. The predicted molar refractivity (Wildman–Crippen MR) is 82.5 cm³/mol. The number of pyridine rings is 1. The lowest BCUT2D eigenvalue weighted by molar-refractivity contribution is 0.0978. The molecule has 1 aromatic heterocycles. The van der Waals surface area contributed by atoms with Crippen LogP contribution in [0.25, 0.3) is 0 Å². The smallest absolute Gasteiger partial charge is 0.183 e. The van der Waals surface area contributed by atoms with Crippen molar-refractivity contribution in [1.29, 1.82) is 0 Å². The van der Waals surface area contributed by atoms with Gasteiger partial charge >= 0.3 is 0 Å². The number of benzene rings is 1. The fourth-order valence-corrected chi connectivity index (χ4v) is 2.88. The highest BCUT2D eigenvalue weighted by molar-refractivity contribution is 6.36. The van der Waals surface area contributed by atoms with Crippen LogP contribution in [0.3, 0.4) is 0 Å². The molecule has 0 saturated carbocycles. The van der Waals surface area contributed by atoms with Gasteiger partial charge in [0.25, 0.3) is 0 Å². The molecular weight excluding hydrogens is 309 g/mol. The molecule has 2 heterocycles. The number of hydrogen-bond donors (Lipinski definition) is 0. The van der Waals surface area contributed by atoms with Crippen LogP contribution in [0, 0.1) is 0 Å². The molecule has 0 spiro atoms. The number of aryl methyl sites for hydroxylation is 1. The minimum Gasteiger partial charge on any atom is -0.493 e. The molecule has 0 radical (unpaired) electrons. The van der Waals surface area contributed by atoms with Crippen LogP contribution in [0.5, 0.6) is 5.75 Å². The van der Waals surface area contributed by atoms with Crippen LogP contribution >= 0.6 is 23.2 Å². The second-order valence-corrected chi connectivity index (χ2v) is 5.79. The van der Waals surface area contributed by atoms with Crippen molar-refractivity contribution in [2.75, 3.05) is 6.61 Å². The Balaban J connectivity index is 1.68. The number of rotatable bonds is 4. The van der Waals surface area contributed by atoms with Gasteiger partial charge in [-0.1, -0.05) is 35.3 Å². The van der Waals surface area contributed by atoms with E-state index in [-0.39, 0.29) is 11.5 Å². The summed E-state index contributed by atoms with van der Waals surface area (Å²) >= 11 is 11.8. The van der Waals surface area contributed by atoms with Crippen LogP contribution in [0.4, 0.5) is 0 Å². The zero-order chi connectivity index (χ0) is 14.8. The average molecular weight is 322 g/mol. The number of carbonyl (C=O) groups is 1. The highest BCUT2D eigenvalue weighted by Crippen LogP contribution is 2.26. The van der Waals surface area contributed by atoms with Crippen molar-refractivity contribution in [2.45, 2.75) is 19.3 Å². The number of hydrogen-bond acceptors (Lipinski definition) is 3. The highest BCUT2D eigenvalue weighted by atomic mass is 35.5. The van der Waals surface area contributed by atoms with E-state index in [1.54, 1.807) is 0 Å². The number of carbonyl (C=O) groups excluding carboxylic acids is 1. The van der Waals surface area contributed by atoms with E-state index in [0.29, 0.717) is 22.9 Å². The minimum absolute atomic E-state index is 0.0755. The van der Waals surface area contributed by atoms with E-state index in [9.17, 15) is 4.79 Å². The molecule has 5 heteroatoms. The van der Waals surface area contributed by atoms with Gasteiger partial charge in [0.15, 0.2) is 5.78 Å². The third-order valence-corrected chi connectivity index (χ3v) is 3.96. The molecule has 0 unspecified atom stereocenters. The molecule has 3 nitrogen and oxygen atoms in total. The van der Waals surface area contributed by atoms with Gasteiger partial charge < -0.3 is 4.74 Å². The normalized spacial score (nSPS) is 12.9. The molecule has 21 heavy (non-hydrogen) atoms. The van der Waals surface area contributed by atoms with E-state index < -0.39 is 0 Å². The first kappa shape index (κ1) is 14.4. The molecule has 0 N–H and O–H groups in total. The SMILES string of the molecule is O=C(CCc1ccc2c(c1)CCO2)c1ncc(Cl)cc1Cl. The Kier molecular flexibility index (Phi) is 4.13. The number of ketones is 1. The topological polar surface area (TPSA) is 39.2 Å². The van der Waals surface area contributed by atoms with Crippen LogP contribution < -0.4 is 4.74 Å². The molecule has 1 aliphatic rings. The fourth-order valence-electron chi connectivity index (χ4n) is 2.39. The number of ether oxygens (including phenoxy) is 1. The van der Waals surface area contributed by atoms with E-state index >= 15 is 0 Å². The standard InChI is InChI=1S/C16H13Cl2NO2/c17-12-8-13(18)16(19-9-12)14(20)3-1-10-2-4-15-11(7-10)5-6-21-15/h2,4,7-9H,1,3,5-6H2. The summed E-state index contributed by atoms with van der Waals surface area (Å²) in [6.07, 6.45) is 3.40.